The summed E-state index contributed by atoms with van der Waals surface area (Å²) in [6.45, 7) is 3.25. The second kappa shape index (κ2) is 7.30. The van der Waals surface area contributed by atoms with E-state index in [0.29, 0.717) is 26.2 Å². The molecule has 2 atom stereocenters. The third kappa shape index (κ3) is 5.44. The molecule has 19 heavy (non-hydrogen) atoms. The average molecular weight is 274 g/mol. The number of urea groups is 1. The van der Waals surface area contributed by atoms with Gasteiger partial charge in [0.1, 0.15) is 5.60 Å². The number of hydrogen-bond donors (Lipinski definition) is 3. The van der Waals surface area contributed by atoms with Gasteiger partial charge in [-0.15, -0.1) is 0 Å². The molecule has 0 spiro atoms. The van der Waals surface area contributed by atoms with Crippen molar-refractivity contribution in [3.63, 3.8) is 0 Å². The maximum atomic E-state index is 11.6. The summed E-state index contributed by atoms with van der Waals surface area (Å²) in [5.41, 5.74) is -0.443. The molecule has 0 aromatic carbocycles. The molecule has 1 aliphatic rings. The van der Waals surface area contributed by atoms with Gasteiger partial charge in [0.25, 0.3) is 0 Å². The molecule has 0 aromatic heterocycles. The van der Waals surface area contributed by atoms with Gasteiger partial charge in [0.05, 0.1) is 13.2 Å². The zero-order valence-electron chi connectivity index (χ0n) is 11.4. The highest BCUT2D eigenvalue weighted by molar-refractivity contribution is 5.74. The Balaban J connectivity index is 2.25. The van der Waals surface area contributed by atoms with E-state index in [-0.39, 0.29) is 18.5 Å². The maximum Gasteiger partial charge on any atom is 0.315 e. The van der Waals surface area contributed by atoms with Gasteiger partial charge in [-0.05, 0) is 13.3 Å². The number of nitrogens with one attached hydrogen (secondary N) is 2. The number of aliphatic carboxylic acids is 1. The Hall–Kier alpha value is -1.34. The first-order valence-electron chi connectivity index (χ1n) is 6.36. The Bertz CT molecular complexity index is 315. The monoisotopic (exact) mass is 274 g/mol. The number of rotatable bonds is 7. The molecule has 0 saturated carbocycles. The molecule has 2 amide bonds. The summed E-state index contributed by atoms with van der Waals surface area (Å²) in [6.07, 6.45) is 1.19. The Labute approximate surface area is 112 Å². The Morgan fingerprint density at radius 3 is 2.79 bits per heavy atom. The van der Waals surface area contributed by atoms with Crippen molar-refractivity contribution >= 4 is 12.0 Å². The highest BCUT2D eigenvalue weighted by atomic mass is 16.5. The van der Waals surface area contributed by atoms with Crippen molar-refractivity contribution in [1.82, 2.24) is 10.6 Å². The van der Waals surface area contributed by atoms with Crippen LogP contribution < -0.4 is 10.6 Å². The van der Waals surface area contributed by atoms with Crippen molar-refractivity contribution in [2.24, 2.45) is 0 Å². The van der Waals surface area contributed by atoms with Crippen LogP contribution in [0, 0.1) is 0 Å². The van der Waals surface area contributed by atoms with Gasteiger partial charge in [-0.1, -0.05) is 0 Å². The fourth-order valence-corrected chi connectivity index (χ4v) is 1.89. The minimum absolute atomic E-state index is 0.0390. The standard InChI is InChI=1S/C12H22N2O5/c1-9(3-4-10(15)16)14-11(17)13-7-12(18-2)5-6-19-8-12/h9H,3-8H2,1-2H3,(H,15,16)(H2,13,14,17). The van der Waals surface area contributed by atoms with Gasteiger partial charge >= 0.3 is 12.0 Å². The summed E-state index contributed by atoms with van der Waals surface area (Å²) in [5.74, 6) is -0.865. The van der Waals surface area contributed by atoms with Gasteiger partial charge < -0.3 is 25.2 Å². The Morgan fingerprint density at radius 1 is 1.53 bits per heavy atom. The average Bonchev–Trinajstić information content (AvgIpc) is 2.83. The lowest BCUT2D eigenvalue weighted by atomic mass is 10.0. The quantitative estimate of drug-likeness (QED) is 0.622. The van der Waals surface area contributed by atoms with Crippen molar-refractivity contribution in [3.8, 4) is 0 Å². The predicted molar refractivity (Wildman–Crippen MR) is 68.0 cm³/mol. The lowest BCUT2D eigenvalue weighted by Gasteiger charge is -2.26. The largest absolute Gasteiger partial charge is 0.481 e. The number of hydrogen-bond acceptors (Lipinski definition) is 4. The summed E-state index contributed by atoms with van der Waals surface area (Å²) in [7, 11) is 1.60. The summed E-state index contributed by atoms with van der Waals surface area (Å²) < 4.78 is 10.7. The van der Waals surface area contributed by atoms with Gasteiger partial charge in [0.15, 0.2) is 0 Å². The van der Waals surface area contributed by atoms with E-state index in [2.05, 4.69) is 10.6 Å². The molecule has 110 valence electrons. The van der Waals surface area contributed by atoms with Crippen LogP contribution in [0.1, 0.15) is 26.2 Å². The minimum Gasteiger partial charge on any atom is -0.481 e. The lowest BCUT2D eigenvalue weighted by Crippen LogP contribution is -2.49. The third-order valence-electron chi connectivity index (χ3n) is 3.24. The van der Waals surface area contributed by atoms with Gasteiger partial charge in [0, 0.05) is 32.6 Å². The first kappa shape index (κ1) is 15.7. The van der Waals surface area contributed by atoms with Crippen LogP contribution in [0.25, 0.3) is 0 Å². The Morgan fingerprint density at radius 2 is 2.26 bits per heavy atom. The van der Waals surface area contributed by atoms with Crippen LogP contribution in [0.2, 0.25) is 0 Å². The zero-order chi connectivity index (χ0) is 14.3. The molecule has 0 radical (unpaired) electrons. The SMILES string of the molecule is COC1(CNC(=O)NC(C)CCC(=O)O)CCOC1. The topological polar surface area (TPSA) is 96.9 Å². The summed E-state index contributed by atoms with van der Waals surface area (Å²) >= 11 is 0. The highest BCUT2D eigenvalue weighted by Crippen LogP contribution is 2.21. The van der Waals surface area contributed by atoms with Crippen molar-refractivity contribution in [2.45, 2.75) is 37.8 Å². The zero-order valence-corrected chi connectivity index (χ0v) is 11.4. The number of carbonyl (C=O) groups is 2. The van der Waals surface area contributed by atoms with Crippen molar-refractivity contribution in [2.75, 3.05) is 26.9 Å². The van der Waals surface area contributed by atoms with E-state index in [1.165, 1.54) is 0 Å². The third-order valence-corrected chi connectivity index (χ3v) is 3.24. The summed E-state index contributed by atoms with van der Waals surface area (Å²) in [4.78, 5) is 22.1. The summed E-state index contributed by atoms with van der Waals surface area (Å²) in [6, 6.07) is -0.504. The van der Waals surface area contributed by atoms with Gasteiger partial charge in [-0.2, -0.15) is 0 Å². The number of carbonyl (C=O) groups excluding carboxylic acids is 1. The molecule has 1 saturated heterocycles. The number of carboxylic acid groups (broad SMARTS) is 1. The van der Waals surface area contributed by atoms with Crippen LogP contribution in [0.5, 0.6) is 0 Å². The molecule has 0 aliphatic carbocycles. The lowest BCUT2D eigenvalue weighted by molar-refractivity contribution is -0.137. The molecule has 1 fully saturated rings. The van der Waals surface area contributed by atoms with Gasteiger partial charge in [0.2, 0.25) is 0 Å². The van der Waals surface area contributed by atoms with Gasteiger partial charge in [-0.25, -0.2) is 4.79 Å². The smallest absolute Gasteiger partial charge is 0.315 e. The normalized spacial score (nSPS) is 23.9. The maximum absolute atomic E-state index is 11.6. The van der Waals surface area contributed by atoms with Crippen LogP contribution in [-0.2, 0) is 14.3 Å². The van der Waals surface area contributed by atoms with Crippen molar-refractivity contribution in [3.05, 3.63) is 0 Å². The Kier molecular flexibility index (Phi) is 6.04. The second-order valence-corrected chi connectivity index (χ2v) is 4.85. The molecule has 1 aliphatic heterocycles. The first-order chi connectivity index (χ1) is 8.97. The van der Waals surface area contributed by atoms with Crippen LogP contribution in [-0.4, -0.2) is 55.6 Å². The number of carboxylic acids is 1. The van der Waals surface area contributed by atoms with Crippen molar-refractivity contribution in [1.29, 1.82) is 0 Å². The molecule has 3 N–H and O–H groups in total. The van der Waals surface area contributed by atoms with Crippen LogP contribution in [0.3, 0.4) is 0 Å². The molecule has 0 bridgehead atoms. The van der Waals surface area contributed by atoms with Crippen LogP contribution >= 0.6 is 0 Å². The van der Waals surface area contributed by atoms with E-state index in [1.807, 2.05) is 0 Å². The molecule has 2 unspecified atom stereocenters. The van der Waals surface area contributed by atoms with Crippen LogP contribution in [0.4, 0.5) is 4.79 Å². The fraction of sp³-hybridized carbons (Fsp3) is 0.833. The second-order valence-electron chi connectivity index (χ2n) is 4.85. The molecule has 1 heterocycles. The van der Waals surface area contributed by atoms with E-state index in [4.69, 9.17) is 14.6 Å². The molecule has 7 nitrogen and oxygen atoms in total. The number of amides is 2. The highest BCUT2D eigenvalue weighted by Gasteiger charge is 2.35. The molecular weight excluding hydrogens is 252 g/mol. The van der Waals surface area contributed by atoms with Gasteiger partial charge in [-0.3, -0.25) is 4.79 Å². The number of methoxy groups -OCH3 is 1. The molecule has 0 aromatic rings. The van der Waals surface area contributed by atoms with E-state index in [1.54, 1.807) is 14.0 Å². The fourth-order valence-electron chi connectivity index (χ4n) is 1.89. The van der Waals surface area contributed by atoms with E-state index in [0.717, 1.165) is 6.42 Å². The first-order valence-corrected chi connectivity index (χ1v) is 6.36. The summed E-state index contributed by atoms with van der Waals surface area (Å²) in [5, 5.41) is 14.0. The molecular formula is C12H22N2O5. The van der Waals surface area contributed by atoms with E-state index >= 15 is 0 Å². The molecule has 1 rings (SSSR count). The minimum atomic E-state index is -0.865. The number of ether oxygens (including phenoxy) is 2. The van der Waals surface area contributed by atoms with Crippen LogP contribution in [0.15, 0.2) is 0 Å². The predicted octanol–water partition coefficient (Wildman–Crippen LogP) is 0.344. The van der Waals surface area contributed by atoms with Crippen molar-refractivity contribution < 1.29 is 24.2 Å². The van der Waals surface area contributed by atoms with E-state index < -0.39 is 11.6 Å². The van der Waals surface area contributed by atoms with E-state index in [9.17, 15) is 9.59 Å². The molecule has 7 heteroatoms.